The minimum Gasteiger partial charge on any atom is -0.481 e. The number of aliphatic carboxylic acids is 1. The maximum Gasteiger partial charge on any atom is 0.309 e. The summed E-state index contributed by atoms with van der Waals surface area (Å²) in [6.45, 7) is 9.84. The number of aryl methyl sites for hydroxylation is 1. The van der Waals surface area contributed by atoms with E-state index in [0.717, 1.165) is 62.6 Å². The Bertz CT molecular complexity index is 1210. The van der Waals surface area contributed by atoms with Crippen LogP contribution in [0.15, 0.2) is 18.2 Å². The van der Waals surface area contributed by atoms with Gasteiger partial charge in [-0.3, -0.25) is 4.79 Å². The van der Waals surface area contributed by atoms with Crippen molar-refractivity contribution < 1.29 is 9.90 Å². The number of benzene rings is 1. The van der Waals surface area contributed by atoms with Crippen molar-refractivity contribution in [1.82, 2.24) is 14.9 Å². The molecule has 2 aromatic rings. The van der Waals surface area contributed by atoms with E-state index in [4.69, 9.17) is 44.8 Å². The number of nitrogens with one attached hydrogen (secondary N) is 1. The highest BCUT2D eigenvalue weighted by atomic mass is 35.5. The summed E-state index contributed by atoms with van der Waals surface area (Å²) >= 11 is 19.2. The summed E-state index contributed by atoms with van der Waals surface area (Å²) in [4.78, 5) is 26.0. The van der Waals surface area contributed by atoms with Crippen LogP contribution in [0.5, 0.6) is 0 Å². The van der Waals surface area contributed by atoms with Crippen molar-refractivity contribution >= 4 is 52.5 Å². The van der Waals surface area contributed by atoms with Gasteiger partial charge in [0.2, 0.25) is 5.95 Å². The molecule has 1 aliphatic carbocycles. The lowest BCUT2D eigenvalue weighted by Crippen LogP contribution is -2.55. The first-order valence-corrected chi connectivity index (χ1v) is 15.2. The van der Waals surface area contributed by atoms with Crippen LogP contribution in [0.25, 0.3) is 0 Å². The molecule has 2 saturated heterocycles. The first kappa shape index (κ1) is 28.7. The van der Waals surface area contributed by atoms with Crippen LogP contribution in [-0.4, -0.2) is 58.2 Å². The van der Waals surface area contributed by atoms with Gasteiger partial charge in [0.1, 0.15) is 5.02 Å². The standard InChI is InChI=1S/C29H38Cl3N5O2/c1-17(23-7-6-21(30)13-24(23)31)33-26-25(32)18(2)34-28(35-26)37-10-4-5-20(16-37)19-8-11-36(12-9-19)22-14-29(3,15-22)27(38)39/h6-7,13,17,19-20,22H,4-5,8-12,14-16H2,1-3H3,(H,38,39)(H,33,34,35)/t17-,20?,22?,29?/m1/s1. The van der Waals surface area contributed by atoms with E-state index >= 15 is 0 Å². The molecule has 7 nitrogen and oxygen atoms in total. The van der Waals surface area contributed by atoms with E-state index < -0.39 is 11.4 Å². The third kappa shape index (κ3) is 6.12. The Morgan fingerprint density at radius 2 is 1.82 bits per heavy atom. The number of carbonyl (C=O) groups is 1. The molecule has 3 heterocycles. The Kier molecular flexibility index (Phi) is 8.54. The Labute approximate surface area is 246 Å². The Hall–Kier alpha value is -1.80. The highest BCUT2D eigenvalue weighted by Gasteiger charge is 2.49. The van der Waals surface area contributed by atoms with Gasteiger partial charge in [0.15, 0.2) is 5.82 Å². The van der Waals surface area contributed by atoms with E-state index in [9.17, 15) is 9.90 Å². The number of hydrogen-bond acceptors (Lipinski definition) is 6. The summed E-state index contributed by atoms with van der Waals surface area (Å²) in [6, 6.07) is 5.80. The molecule has 212 valence electrons. The van der Waals surface area contributed by atoms with E-state index in [2.05, 4.69) is 15.1 Å². The molecule has 39 heavy (non-hydrogen) atoms. The minimum absolute atomic E-state index is 0.113. The molecule has 3 fully saturated rings. The number of rotatable bonds is 7. The highest BCUT2D eigenvalue weighted by molar-refractivity contribution is 6.35. The second-order valence-corrected chi connectivity index (χ2v) is 13.2. The molecule has 0 radical (unpaired) electrons. The zero-order chi connectivity index (χ0) is 27.9. The molecular weight excluding hydrogens is 557 g/mol. The number of carboxylic acids is 1. The van der Waals surface area contributed by atoms with Crippen molar-refractivity contribution in [3.05, 3.63) is 44.5 Å². The van der Waals surface area contributed by atoms with Crippen molar-refractivity contribution in [1.29, 1.82) is 0 Å². The van der Waals surface area contributed by atoms with Crippen LogP contribution in [0.4, 0.5) is 11.8 Å². The number of anilines is 2. The quantitative estimate of drug-likeness (QED) is 0.354. The first-order chi connectivity index (χ1) is 18.5. The zero-order valence-corrected chi connectivity index (χ0v) is 25.2. The van der Waals surface area contributed by atoms with Gasteiger partial charge in [0.05, 0.1) is 17.2 Å². The van der Waals surface area contributed by atoms with Gasteiger partial charge < -0.3 is 20.2 Å². The summed E-state index contributed by atoms with van der Waals surface area (Å²) in [5, 5.41) is 14.6. The van der Waals surface area contributed by atoms with E-state index in [1.165, 1.54) is 19.3 Å². The molecule has 2 atom stereocenters. The third-order valence-electron chi connectivity index (χ3n) is 9.17. The molecule has 2 N–H and O–H groups in total. The lowest BCUT2D eigenvalue weighted by Gasteiger charge is -2.50. The maximum absolute atomic E-state index is 11.5. The summed E-state index contributed by atoms with van der Waals surface area (Å²) in [7, 11) is 0. The largest absolute Gasteiger partial charge is 0.481 e. The number of likely N-dealkylation sites (tertiary alicyclic amines) is 1. The van der Waals surface area contributed by atoms with Crippen molar-refractivity contribution in [2.24, 2.45) is 17.3 Å². The summed E-state index contributed by atoms with van der Waals surface area (Å²) < 4.78 is 0. The fourth-order valence-corrected chi connectivity index (χ4v) is 7.37. The molecule has 1 aromatic carbocycles. The van der Waals surface area contributed by atoms with Crippen molar-refractivity contribution in [3.63, 3.8) is 0 Å². The van der Waals surface area contributed by atoms with Crippen LogP contribution in [0, 0.1) is 24.2 Å². The molecule has 2 aliphatic heterocycles. The van der Waals surface area contributed by atoms with Crippen LogP contribution in [0.2, 0.25) is 15.1 Å². The fourth-order valence-electron chi connectivity index (χ4n) is 6.66. The molecular formula is C29H38Cl3N5O2. The van der Waals surface area contributed by atoms with Gasteiger partial charge in [-0.1, -0.05) is 40.9 Å². The van der Waals surface area contributed by atoms with E-state index in [1.54, 1.807) is 6.07 Å². The predicted molar refractivity (Wildman–Crippen MR) is 158 cm³/mol. The molecule has 0 spiro atoms. The molecule has 0 amide bonds. The smallest absolute Gasteiger partial charge is 0.309 e. The summed E-state index contributed by atoms with van der Waals surface area (Å²) in [5.41, 5.74) is 1.14. The van der Waals surface area contributed by atoms with E-state index in [-0.39, 0.29) is 6.04 Å². The van der Waals surface area contributed by atoms with Crippen LogP contribution in [0.3, 0.4) is 0 Å². The highest BCUT2D eigenvalue weighted by Crippen LogP contribution is 2.45. The topological polar surface area (TPSA) is 81.6 Å². The van der Waals surface area contributed by atoms with Crippen molar-refractivity contribution in [3.8, 4) is 0 Å². The molecule has 0 bridgehead atoms. The van der Waals surface area contributed by atoms with Crippen LogP contribution < -0.4 is 10.2 Å². The lowest BCUT2D eigenvalue weighted by atomic mass is 9.65. The molecule has 1 saturated carbocycles. The second kappa shape index (κ2) is 11.6. The number of piperidine rings is 2. The van der Waals surface area contributed by atoms with Gasteiger partial charge in [-0.25, -0.2) is 4.98 Å². The normalized spacial score (nSPS) is 27.2. The number of carboxylic acid groups (broad SMARTS) is 1. The van der Waals surface area contributed by atoms with Gasteiger partial charge in [0, 0.05) is 29.2 Å². The molecule has 1 unspecified atom stereocenters. The first-order valence-electron chi connectivity index (χ1n) is 14.0. The number of nitrogens with zero attached hydrogens (tertiary/aromatic N) is 4. The summed E-state index contributed by atoms with van der Waals surface area (Å²) in [5.74, 6) is 1.96. The van der Waals surface area contributed by atoms with Gasteiger partial charge in [0.25, 0.3) is 0 Å². The average Bonchev–Trinajstić information content (AvgIpc) is 2.89. The fraction of sp³-hybridized carbons (Fsp3) is 0.621. The van der Waals surface area contributed by atoms with Crippen LogP contribution >= 0.6 is 34.8 Å². The zero-order valence-electron chi connectivity index (χ0n) is 22.9. The van der Waals surface area contributed by atoms with Crippen LogP contribution in [0.1, 0.15) is 69.7 Å². The number of aromatic nitrogens is 2. The van der Waals surface area contributed by atoms with Crippen molar-refractivity contribution in [2.75, 3.05) is 36.4 Å². The summed E-state index contributed by atoms with van der Waals surface area (Å²) in [6.07, 6.45) is 6.24. The minimum atomic E-state index is -0.655. The number of hydrogen-bond donors (Lipinski definition) is 2. The molecule has 10 heteroatoms. The predicted octanol–water partition coefficient (Wildman–Crippen LogP) is 7.10. The van der Waals surface area contributed by atoms with Gasteiger partial charge in [-0.05, 0) is 102 Å². The van der Waals surface area contributed by atoms with Gasteiger partial charge in [-0.2, -0.15) is 4.98 Å². The molecule has 1 aromatic heterocycles. The van der Waals surface area contributed by atoms with Gasteiger partial charge in [-0.15, -0.1) is 0 Å². The molecule has 5 rings (SSSR count). The molecule has 3 aliphatic rings. The third-order valence-corrected chi connectivity index (χ3v) is 10.2. The average molecular weight is 595 g/mol. The Morgan fingerprint density at radius 3 is 2.49 bits per heavy atom. The van der Waals surface area contributed by atoms with E-state index in [0.29, 0.717) is 38.8 Å². The van der Waals surface area contributed by atoms with Crippen LogP contribution in [-0.2, 0) is 4.79 Å². The SMILES string of the molecule is Cc1nc(N2CCCC(C3CCN(C4CC(C)(C(=O)O)C4)CC3)C2)nc(N[C@H](C)c2ccc(Cl)cc2Cl)c1Cl. The maximum atomic E-state index is 11.5. The Balaban J connectivity index is 1.21. The Morgan fingerprint density at radius 1 is 1.10 bits per heavy atom. The number of halogens is 3. The lowest BCUT2D eigenvalue weighted by molar-refractivity contribution is -0.158. The second-order valence-electron chi connectivity index (χ2n) is 12.0. The van der Waals surface area contributed by atoms with Gasteiger partial charge >= 0.3 is 5.97 Å². The van der Waals surface area contributed by atoms with E-state index in [1.807, 2.05) is 32.9 Å². The van der Waals surface area contributed by atoms with Crippen molar-refractivity contribution in [2.45, 2.75) is 71.4 Å². The monoisotopic (exact) mass is 593 g/mol.